The molecule has 0 amide bonds. The fraction of sp³-hybridized carbons (Fsp3) is 0.625. The Kier molecular flexibility index (Phi) is 4.90. The van der Waals surface area contributed by atoms with Gasteiger partial charge in [0.05, 0.1) is 17.0 Å². The third-order valence-electron chi connectivity index (χ3n) is 4.70. The number of fused-ring (bicyclic) bond motifs is 2. The molecule has 0 bridgehead atoms. The predicted octanol–water partition coefficient (Wildman–Crippen LogP) is 2.18. The van der Waals surface area contributed by atoms with Gasteiger partial charge in [-0.15, -0.1) is 11.3 Å². The van der Waals surface area contributed by atoms with Gasteiger partial charge in [0, 0.05) is 43.3 Å². The zero-order valence-electron chi connectivity index (χ0n) is 13.9. The van der Waals surface area contributed by atoms with Crippen molar-refractivity contribution in [1.82, 2.24) is 15.8 Å². The molecule has 1 fully saturated rings. The normalized spacial score (nSPS) is 31.2. The van der Waals surface area contributed by atoms with E-state index in [2.05, 4.69) is 23.7 Å². The molecule has 2 aliphatic heterocycles. The number of nitrogens with one attached hydrogen (secondary N) is 2. The number of nitrogens with zero attached hydrogens (tertiary/aromatic N) is 1. The van der Waals surface area contributed by atoms with Gasteiger partial charge in [-0.25, -0.2) is 5.43 Å². The Morgan fingerprint density at radius 2 is 2.39 bits per heavy atom. The van der Waals surface area contributed by atoms with Crippen molar-refractivity contribution in [1.29, 1.82) is 0 Å². The van der Waals surface area contributed by atoms with Crippen molar-refractivity contribution < 1.29 is 4.74 Å². The summed E-state index contributed by atoms with van der Waals surface area (Å²) in [6.45, 7) is 2.94. The maximum Gasteiger partial charge on any atom is 0.106 e. The zero-order valence-corrected chi connectivity index (χ0v) is 15.4. The smallest absolute Gasteiger partial charge is 0.106 e. The monoisotopic (exact) mass is 356 g/mol. The molecule has 3 rings (SSSR count). The topological polar surface area (TPSA) is 62.5 Å². The number of rotatable bonds is 3. The second-order valence-electron chi connectivity index (χ2n) is 6.49. The van der Waals surface area contributed by atoms with Crippen LogP contribution in [0.1, 0.15) is 30.2 Å². The molecule has 5 nitrogen and oxygen atoms in total. The summed E-state index contributed by atoms with van der Waals surface area (Å²) in [5, 5.41) is 5.46. The van der Waals surface area contributed by atoms with Crippen LogP contribution in [0.2, 0.25) is 4.34 Å². The number of hydrazine groups is 1. The highest BCUT2D eigenvalue weighted by Crippen LogP contribution is 2.48. The van der Waals surface area contributed by atoms with Gasteiger partial charge in [0.15, 0.2) is 0 Å². The Morgan fingerprint density at radius 3 is 3.13 bits per heavy atom. The van der Waals surface area contributed by atoms with E-state index >= 15 is 0 Å². The maximum absolute atomic E-state index is 6.34. The van der Waals surface area contributed by atoms with Crippen molar-refractivity contribution in [2.75, 3.05) is 20.7 Å². The summed E-state index contributed by atoms with van der Waals surface area (Å²) < 4.78 is 7.18. The molecule has 0 aromatic carbocycles. The number of halogens is 1. The Labute approximate surface area is 146 Å². The molecule has 1 spiro atoms. The minimum atomic E-state index is -0.266. The zero-order chi connectivity index (χ0) is 16.6. The number of hydrogen-bond acceptors (Lipinski definition) is 6. The van der Waals surface area contributed by atoms with Crippen LogP contribution in [0.15, 0.2) is 18.0 Å². The Hall–Kier alpha value is -0.790. The van der Waals surface area contributed by atoms with Gasteiger partial charge in [-0.3, -0.25) is 0 Å². The molecular formula is C16H25ClN4OS. The van der Waals surface area contributed by atoms with E-state index < -0.39 is 0 Å². The van der Waals surface area contributed by atoms with Gasteiger partial charge in [0.1, 0.15) is 5.60 Å². The fourth-order valence-corrected chi connectivity index (χ4v) is 5.12. The van der Waals surface area contributed by atoms with Crippen molar-refractivity contribution in [2.24, 2.45) is 5.73 Å². The van der Waals surface area contributed by atoms with Crippen LogP contribution in [0.3, 0.4) is 0 Å². The highest BCUT2D eigenvalue weighted by Gasteiger charge is 2.46. The van der Waals surface area contributed by atoms with Crippen molar-refractivity contribution in [3.63, 3.8) is 0 Å². The molecule has 3 unspecified atom stereocenters. The molecule has 1 saturated heterocycles. The molecule has 0 saturated carbocycles. The molecule has 0 aliphatic carbocycles. The van der Waals surface area contributed by atoms with Crippen LogP contribution in [-0.2, 0) is 16.8 Å². The average molecular weight is 357 g/mol. The van der Waals surface area contributed by atoms with Crippen molar-refractivity contribution in [3.05, 3.63) is 32.7 Å². The second kappa shape index (κ2) is 6.61. The van der Waals surface area contributed by atoms with E-state index in [4.69, 9.17) is 22.1 Å². The average Bonchev–Trinajstić information content (AvgIpc) is 2.88. The van der Waals surface area contributed by atoms with Gasteiger partial charge < -0.3 is 20.8 Å². The lowest BCUT2D eigenvalue weighted by Crippen LogP contribution is -2.55. The van der Waals surface area contributed by atoms with Crippen LogP contribution in [0, 0.1) is 0 Å². The highest BCUT2D eigenvalue weighted by molar-refractivity contribution is 7.16. The van der Waals surface area contributed by atoms with Crippen LogP contribution in [0.5, 0.6) is 0 Å². The molecule has 2 aliphatic rings. The summed E-state index contributed by atoms with van der Waals surface area (Å²) >= 11 is 7.93. The molecule has 3 heterocycles. The molecule has 4 N–H and O–H groups in total. The lowest BCUT2D eigenvalue weighted by molar-refractivity contribution is -0.0920. The first-order valence-electron chi connectivity index (χ1n) is 7.99. The fourth-order valence-electron chi connectivity index (χ4n) is 3.65. The van der Waals surface area contributed by atoms with Crippen LogP contribution in [-0.4, -0.2) is 37.8 Å². The third kappa shape index (κ3) is 3.37. The van der Waals surface area contributed by atoms with E-state index in [1.807, 2.05) is 25.3 Å². The minimum absolute atomic E-state index is 0.0846. The Morgan fingerprint density at radius 1 is 1.61 bits per heavy atom. The van der Waals surface area contributed by atoms with Gasteiger partial charge in [-0.05, 0) is 31.4 Å². The summed E-state index contributed by atoms with van der Waals surface area (Å²) in [5.41, 5.74) is 11.3. The molecule has 3 atom stereocenters. The number of thiophene rings is 1. The molecule has 1 aromatic heterocycles. The van der Waals surface area contributed by atoms with Gasteiger partial charge in [0.2, 0.25) is 0 Å². The first-order valence-corrected chi connectivity index (χ1v) is 9.19. The van der Waals surface area contributed by atoms with E-state index in [1.54, 1.807) is 11.3 Å². The van der Waals surface area contributed by atoms with Gasteiger partial charge in [-0.2, -0.15) is 0 Å². The molecule has 0 radical (unpaired) electrons. The molecular weight excluding hydrogens is 332 g/mol. The maximum atomic E-state index is 6.34. The van der Waals surface area contributed by atoms with Gasteiger partial charge in [0.25, 0.3) is 0 Å². The van der Waals surface area contributed by atoms with Crippen LogP contribution >= 0.6 is 22.9 Å². The number of hydrogen-bond donors (Lipinski definition) is 3. The highest BCUT2D eigenvalue weighted by atomic mass is 35.5. The van der Waals surface area contributed by atoms with Gasteiger partial charge in [-0.1, -0.05) is 11.6 Å². The SMILES string of the molecule is CNN(C)/C=C(\N)C1CC2(CC(C)N1)OCCc1cc(Cl)sc12. The van der Waals surface area contributed by atoms with E-state index in [-0.39, 0.29) is 11.6 Å². The van der Waals surface area contributed by atoms with E-state index in [0.717, 1.165) is 35.9 Å². The van der Waals surface area contributed by atoms with Crippen molar-refractivity contribution >= 4 is 22.9 Å². The first-order chi connectivity index (χ1) is 10.9. The Balaban J connectivity index is 1.91. The lowest BCUT2D eigenvalue weighted by Gasteiger charge is -2.46. The van der Waals surface area contributed by atoms with Crippen molar-refractivity contribution in [3.8, 4) is 0 Å². The summed E-state index contributed by atoms with van der Waals surface area (Å²) in [5.74, 6) is 0. The molecule has 7 heteroatoms. The predicted molar refractivity (Wildman–Crippen MR) is 95.4 cm³/mol. The van der Waals surface area contributed by atoms with Crippen LogP contribution in [0.25, 0.3) is 0 Å². The first kappa shape index (κ1) is 17.0. The minimum Gasteiger partial charge on any atom is -0.400 e. The summed E-state index contributed by atoms with van der Waals surface area (Å²) in [6, 6.07) is 2.51. The Bertz CT molecular complexity index is 605. The molecule has 23 heavy (non-hydrogen) atoms. The van der Waals surface area contributed by atoms with Crippen LogP contribution in [0.4, 0.5) is 0 Å². The number of nitrogens with two attached hydrogens (primary N) is 1. The molecule has 1 aromatic rings. The van der Waals surface area contributed by atoms with Gasteiger partial charge >= 0.3 is 0 Å². The summed E-state index contributed by atoms with van der Waals surface area (Å²) in [4.78, 5) is 1.29. The standard InChI is InChI=1S/C16H25ClN4OS/c1-10-7-16(8-13(20-10)12(18)9-21(3)19-2)15-11(4-5-22-16)6-14(17)23-15/h6,9-10,13,19-20H,4-5,7-8,18H2,1-3H3/b12-9-. The lowest BCUT2D eigenvalue weighted by atomic mass is 9.79. The van der Waals surface area contributed by atoms with E-state index in [1.165, 1.54) is 10.4 Å². The second-order valence-corrected chi connectivity index (χ2v) is 8.17. The van der Waals surface area contributed by atoms with E-state index in [0.29, 0.717) is 6.04 Å². The largest absolute Gasteiger partial charge is 0.400 e. The van der Waals surface area contributed by atoms with Crippen molar-refractivity contribution in [2.45, 2.75) is 43.9 Å². The van der Waals surface area contributed by atoms with E-state index in [9.17, 15) is 0 Å². The summed E-state index contributed by atoms with van der Waals surface area (Å²) in [7, 11) is 3.80. The van der Waals surface area contributed by atoms with Crippen LogP contribution < -0.4 is 16.5 Å². The quantitative estimate of drug-likeness (QED) is 0.724. The summed E-state index contributed by atoms with van der Waals surface area (Å²) in [6.07, 6.45) is 4.65. The number of ether oxygens (including phenoxy) is 1. The third-order valence-corrected chi connectivity index (χ3v) is 6.19. The number of piperidine rings is 1. The molecule has 128 valence electrons.